The van der Waals surface area contributed by atoms with Crippen LogP contribution in [0.5, 0.6) is 0 Å². The van der Waals surface area contributed by atoms with Crippen molar-refractivity contribution in [2.75, 3.05) is 0 Å². The van der Waals surface area contributed by atoms with Gasteiger partial charge in [0.1, 0.15) is 0 Å². The van der Waals surface area contributed by atoms with Crippen molar-refractivity contribution in [2.45, 2.75) is 19.9 Å². The molecule has 0 aliphatic heterocycles. The largest absolute Gasteiger partial charge is 0.393 e. The van der Waals surface area contributed by atoms with Crippen molar-refractivity contribution in [3.8, 4) is 0 Å². The first-order valence-corrected chi connectivity index (χ1v) is 5.01. The lowest BCUT2D eigenvalue weighted by Crippen LogP contribution is -2.37. The summed E-state index contributed by atoms with van der Waals surface area (Å²) in [6, 6.07) is -0.104. The van der Waals surface area contributed by atoms with E-state index in [4.69, 9.17) is 18.0 Å². The van der Waals surface area contributed by atoms with Crippen LogP contribution in [0.1, 0.15) is 25.5 Å². The highest BCUT2D eigenvalue weighted by molar-refractivity contribution is 7.80. The number of hydrogen-bond acceptors (Lipinski definition) is 3. The van der Waals surface area contributed by atoms with Gasteiger partial charge in [0.2, 0.25) is 5.91 Å². The first kappa shape index (κ1) is 11.6. The van der Waals surface area contributed by atoms with Gasteiger partial charge in [-0.05, 0) is 13.8 Å². The lowest BCUT2D eigenvalue weighted by molar-refractivity contribution is -0.123. The smallest absolute Gasteiger partial charge is 0.230 e. The van der Waals surface area contributed by atoms with E-state index in [0.29, 0.717) is 0 Å². The third-order valence-electron chi connectivity index (χ3n) is 2.20. The molecule has 0 spiro atoms. The van der Waals surface area contributed by atoms with E-state index in [0.717, 1.165) is 5.56 Å². The predicted molar refractivity (Wildman–Crippen MR) is 61.1 cm³/mol. The van der Waals surface area contributed by atoms with Gasteiger partial charge in [-0.25, -0.2) is 0 Å². The zero-order chi connectivity index (χ0) is 11.4. The molecule has 0 saturated heterocycles. The number of carbonyl (C=O) groups excluding carboxylic acids is 1. The third-order valence-corrected chi connectivity index (χ3v) is 2.55. The highest BCUT2D eigenvalue weighted by Gasteiger charge is 2.18. The van der Waals surface area contributed by atoms with E-state index in [2.05, 4.69) is 15.5 Å². The van der Waals surface area contributed by atoms with Crippen molar-refractivity contribution >= 4 is 23.1 Å². The van der Waals surface area contributed by atoms with E-state index in [-0.39, 0.29) is 16.9 Å². The average molecular weight is 226 g/mol. The fourth-order valence-corrected chi connectivity index (χ4v) is 1.16. The Labute approximate surface area is 93.4 Å². The molecule has 1 amide bonds. The minimum atomic E-state index is -0.450. The molecular weight excluding hydrogens is 212 g/mol. The van der Waals surface area contributed by atoms with E-state index in [1.807, 2.05) is 6.92 Å². The monoisotopic (exact) mass is 226 g/mol. The van der Waals surface area contributed by atoms with Gasteiger partial charge in [0.05, 0.1) is 23.1 Å². The van der Waals surface area contributed by atoms with E-state index in [9.17, 15) is 4.79 Å². The second-order valence-electron chi connectivity index (χ2n) is 3.39. The topological polar surface area (TPSA) is 83.8 Å². The third kappa shape index (κ3) is 3.02. The Morgan fingerprint density at radius 3 is 2.80 bits per heavy atom. The summed E-state index contributed by atoms with van der Waals surface area (Å²) in [6.07, 6.45) is 3.40. The summed E-state index contributed by atoms with van der Waals surface area (Å²) in [6.45, 7) is 3.55. The molecule has 0 aliphatic rings. The van der Waals surface area contributed by atoms with E-state index >= 15 is 0 Å². The van der Waals surface area contributed by atoms with Gasteiger partial charge in [0.15, 0.2) is 0 Å². The molecule has 1 rings (SSSR count). The molecule has 5 nitrogen and oxygen atoms in total. The van der Waals surface area contributed by atoms with Gasteiger partial charge in [-0.2, -0.15) is 5.10 Å². The maximum Gasteiger partial charge on any atom is 0.230 e. The van der Waals surface area contributed by atoms with Crippen LogP contribution in [0.25, 0.3) is 0 Å². The van der Waals surface area contributed by atoms with Crippen LogP contribution in [0.2, 0.25) is 0 Å². The lowest BCUT2D eigenvalue weighted by Gasteiger charge is -2.15. The average Bonchev–Trinajstić information content (AvgIpc) is 2.68. The second kappa shape index (κ2) is 4.88. The van der Waals surface area contributed by atoms with Crippen molar-refractivity contribution in [3.05, 3.63) is 18.0 Å². The number of nitrogens with zero attached hydrogens (tertiary/aromatic N) is 1. The molecule has 0 radical (unpaired) electrons. The van der Waals surface area contributed by atoms with Crippen LogP contribution in [0.15, 0.2) is 12.4 Å². The van der Waals surface area contributed by atoms with E-state index in [1.54, 1.807) is 19.3 Å². The van der Waals surface area contributed by atoms with E-state index in [1.165, 1.54) is 0 Å². The Morgan fingerprint density at radius 1 is 1.67 bits per heavy atom. The van der Waals surface area contributed by atoms with Crippen LogP contribution in [0, 0.1) is 5.92 Å². The summed E-state index contributed by atoms with van der Waals surface area (Å²) in [5.41, 5.74) is 6.30. The molecule has 0 fully saturated rings. The van der Waals surface area contributed by atoms with Crippen LogP contribution in [-0.4, -0.2) is 21.1 Å². The lowest BCUT2D eigenvalue weighted by atomic mass is 10.1. The van der Waals surface area contributed by atoms with Crippen molar-refractivity contribution < 1.29 is 4.79 Å². The molecule has 4 N–H and O–H groups in total. The number of thiocarbonyl (C=S) groups is 1. The molecule has 1 heterocycles. The first-order chi connectivity index (χ1) is 7.02. The number of carbonyl (C=O) groups is 1. The van der Waals surface area contributed by atoms with Crippen LogP contribution >= 0.6 is 12.2 Å². The Kier molecular flexibility index (Phi) is 3.79. The molecule has 6 heteroatoms. The van der Waals surface area contributed by atoms with E-state index < -0.39 is 5.92 Å². The number of nitrogens with two attached hydrogens (primary N) is 1. The van der Waals surface area contributed by atoms with Crippen LogP contribution < -0.4 is 11.1 Å². The summed E-state index contributed by atoms with van der Waals surface area (Å²) in [5, 5.41) is 9.28. The summed E-state index contributed by atoms with van der Waals surface area (Å²) in [5.74, 6) is -0.620. The molecule has 0 saturated carbocycles. The molecule has 0 aromatic carbocycles. The molecule has 0 bridgehead atoms. The van der Waals surface area contributed by atoms with Crippen molar-refractivity contribution in [1.29, 1.82) is 0 Å². The zero-order valence-corrected chi connectivity index (χ0v) is 9.47. The van der Waals surface area contributed by atoms with Crippen molar-refractivity contribution in [1.82, 2.24) is 15.5 Å². The van der Waals surface area contributed by atoms with Gasteiger partial charge in [-0.15, -0.1) is 0 Å². The number of rotatable bonds is 4. The first-order valence-electron chi connectivity index (χ1n) is 4.60. The number of hydrogen-bond donors (Lipinski definition) is 3. The van der Waals surface area contributed by atoms with Gasteiger partial charge in [-0.3, -0.25) is 9.89 Å². The summed E-state index contributed by atoms with van der Waals surface area (Å²) >= 11 is 4.75. The number of H-pyrrole nitrogens is 1. The Hall–Kier alpha value is -1.43. The van der Waals surface area contributed by atoms with Crippen molar-refractivity contribution in [3.63, 3.8) is 0 Å². The Bertz CT molecular complexity index is 349. The van der Waals surface area contributed by atoms with Gasteiger partial charge in [-0.1, -0.05) is 12.2 Å². The summed E-state index contributed by atoms with van der Waals surface area (Å²) in [4.78, 5) is 11.8. The molecule has 2 unspecified atom stereocenters. The predicted octanol–water partition coefficient (Wildman–Crippen LogP) is 0.509. The number of amides is 1. The standard InChI is InChI=1S/C9H14N4OS/c1-5(8(10)15)9(14)13-6(2)7-3-11-12-4-7/h3-6H,1-2H3,(H2,10,15)(H,11,12)(H,13,14). The molecule has 0 aliphatic carbocycles. The SMILES string of the molecule is CC(C(=O)NC(C)c1cn[nH]c1)C(N)=S. The number of aromatic amines is 1. The normalized spacial score (nSPS) is 14.3. The van der Waals surface area contributed by atoms with Gasteiger partial charge in [0, 0.05) is 11.8 Å². The zero-order valence-electron chi connectivity index (χ0n) is 8.65. The minimum Gasteiger partial charge on any atom is -0.393 e. The highest BCUT2D eigenvalue weighted by Crippen LogP contribution is 2.10. The number of nitrogens with one attached hydrogen (secondary N) is 2. The van der Waals surface area contributed by atoms with Gasteiger partial charge >= 0.3 is 0 Å². The molecule has 1 aromatic rings. The maximum absolute atomic E-state index is 11.6. The summed E-state index contributed by atoms with van der Waals surface area (Å²) < 4.78 is 0. The highest BCUT2D eigenvalue weighted by atomic mass is 32.1. The maximum atomic E-state index is 11.6. The van der Waals surface area contributed by atoms with Gasteiger partial charge < -0.3 is 11.1 Å². The molecule has 1 aromatic heterocycles. The van der Waals surface area contributed by atoms with Crippen molar-refractivity contribution in [2.24, 2.45) is 11.7 Å². The van der Waals surface area contributed by atoms with Crippen LogP contribution in [0.3, 0.4) is 0 Å². The Morgan fingerprint density at radius 2 is 2.33 bits per heavy atom. The fourth-order valence-electron chi connectivity index (χ4n) is 1.05. The fraction of sp³-hybridized carbons (Fsp3) is 0.444. The van der Waals surface area contributed by atoms with Gasteiger partial charge in [0.25, 0.3) is 0 Å². The van der Waals surface area contributed by atoms with Crippen LogP contribution in [0.4, 0.5) is 0 Å². The summed E-state index contributed by atoms with van der Waals surface area (Å²) in [7, 11) is 0. The minimum absolute atomic E-state index is 0.104. The number of aromatic nitrogens is 2. The molecular formula is C9H14N4OS. The van der Waals surface area contributed by atoms with Crippen LogP contribution in [-0.2, 0) is 4.79 Å². The quantitative estimate of drug-likeness (QED) is 0.653. The second-order valence-corrected chi connectivity index (χ2v) is 3.86. The Balaban J connectivity index is 2.56. The molecule has 15 heavy (non-hydrogen) atoms. The molecule has 82 valence electrons. The molecule has 2 atom stereocenters.